The van der Waals surface area contributed by atoms with Crippen LogP contribution in [-0.2, 0) is 0 Å². The summed E-state index contributed by atoms with van der Waals surface area (Å²) in [4.78, 5) is 20.3. The number of carbonyl (C=O) groups excluding carboxylic acids is 1. The normalized spacial score (nSPS) is 10.1. The number of rotatable bonds is 5. The van der Waals surface area contributed by atoms with Gasteiger partial charge in [-0.2, -0.15) is 5.26 Å². The van der Waals surface area contributed by atoms with E-state index in [0.717, 1.165) is 6.54 Å². The highest BCUT2D eigenvalue weighted by molar-refractivity contribution is 6.03. The molecule has 1 aromatic carbocycles. The lowest BCUT2D eigenvalue weighted by atomic mass is 10.2. The number of anilines is 2. The quantitative estimate of drug-likeness (QED) is 0.885. The molecule has 0 atom stereocenters. The first kappa shape index (κ1) is 15.4. The molecule has 0 fully saturated rings. The fourth-order valence-corrected chi connectivity index (χ4v) is 1.75. The molecule has 0 aliphatic carbocycles. The summed E-state index contributed by atoms with van der Waals surface area (Å²) in [5.74, 6) is 0.741. The summed E-state index contributed by atoms with van der Waals surface area (Å²) in [6.07, 6.45) is 1.35. The molecule has 2 rings (SSSR count). The number of nitriles is 1. The van der Waals surface area contributed by atoms with E-state index in [1.807, 2.05) is 6.07 Å². The molecular formula is C16H17N5O. The van der Waals surface area contributed by atoms with Gasteiger partial charge in [0.25, 0.3) is 5.91 Å². The fraction of sp³-hybridized carbons (Fsp3) is 0.250. The lowest BCUT2D eigenvalue weighted by Gasteiger charge is -2.09. The van der Waals surface area contributed by atoms with Crippen molar-refractivity contribution in [3.8, 4) is 6.07 Å². The number of benzene rings is 1. The Kier molecular flexibility index (Phi) is 5.04. The van der Waals surface area contributed by atoms with Gasteiger partial charge in [0.15, 0.2) is 0 Å². The van der Waals surface area contributed by atoms with Crippen LogP contribution in [0.3, 0.4) is 0 Å². The number of hydrogen-bond donors (Lipinski definition) is 2. The van der Waals surface area contributed by atoms with Crippen LogP contribution < -0.4 is 10.6 Å². The maximum atomic E-state index is 12.2. The molecule has 112 valence electrons. The lowest BCUT2D eigenvalue weighted by Crippen LogP contribution is -2.15. The van der Waals surface area contributed by atoms with Crippen LogP contribution in [0.4, 0.5) is 11.5 Å². The summed E-state index contributed by atoms with van der Waals surface area (Å²) < 4.78 is 0. The smallest absolute Gasteiger partial charge is 0.274 e. The Morgan fingerprint density at radius 1 is 1.32 bits per heavy atom. The van der Waals surface area contributed by atoms with E-state index in [2.05, 4.69) is 34.4 Å². The highest BCUT2D eigenvalue weighted by Crippen LogP contribution is 2.12. The van der Waals surface area contributed by atoms with Crippen LogP contribution in [0.25, 0.3) is 0 Å². The van der Waals surface area contributed by atoms with Crippen LogP contribution in [0.5, 0.6) is 0 Å². The Balaban J connectivity index is 2.09. The third-order valence-corrected chi connectivity index (χ3v) is 2.84. The molecule has 0 bridgehead atoms. The highest BCUT2D eigenvalue weighted by atomic mass is 16.1. The summed E-state index contributed by atoms with van der Waals surface area (Å²) in [7, 11) is 0. The van der Waals surface area contributed by atoms with Crippen LogP contribution in [0.15, 0.2) is 36.7 Å². The Hall–Kier alpha value is -2.94. The van der Waals surface area contributed by atoms with Gasteiger partial charge >= 0.3 is 0 Å². The van der Waals surface area contributed by atoms with E-state index in [-0.39, 0.29) is 11.6 Å². The summed E-state index contributed by atoms with van der Waals surface area (Å²) in [6.45, 7) is 4.94. The SMILES string of the molecule is CC(C)CNc1cc(C(=O)Nc2cccc(C#N)c2)ncn1. The second-order valence-corrected chi connectivity index (χ2v) is 5.21. The topological polar surface area (TPSA) is 90.7 Å². The van der Waals surface area contributed by atoms with E-state index in [1.54, 1.807) is 30.3 Å². The summed E-state index contributed by atoms with van der Waals surface area (Å²) in [6, 6.07) is 10.3. The van der Waals surface area contributed by atoms with Crippen molar-refractivity contribution in [1.29, 1.82) is 5.26 Å². The van der Waals surface area contributed by atoms with Crippen molar-refractivity contribution >= 4 is 17.4 Å². The van der Waals surface area contributed by atoms with E-state index in [0.29, 0.717) is 23.0 Å². The number of hydrogen-bond acceptors (Lipinski definition) is 5. The molecule has 0 saturated heterocycles. The average Bonchev–Trinajstić information content (AvgIpc) is 2.53. The zero-order valence-corrected chi connectivity index (χ0v) is 12.5. The number of nitrogens with one attached hydrogen (secondary N) is 2. The van der Waals surface area contributed by atoms with E-state index in [1.165, 1.54) is 6.33 Å². The molecule has 0 radical (unpaired) electrons. The predicted molar refractivity (Wildman–Crippen MR) is 84.5 cm³/mol. The Labute approximate surface area is 129 Å². The van der Waals surface area contributed by atoms with E-state index in [9.17, 15) is 4.79 Å². The van der Waals surface area contributed by atoms with Gasteiger partial charge in [-0.15, -0.1) is 0 Å². The van der Waals surface area contributed by atoms with Gasteiger partial charge in [-0.3, -0.25) is 4.79 Å². The number of nitrogens with zero attached hydrogens (tertiary/aromatic N) is 3. The van der Waals surface area contributed by atoms with Crippen molar-refractivity contribution < 1.29 is 4.79 Å². The van der Waals surface area contributed by atoms with Gasteiger partial charge < -0.3 is 10.6 Å². The highest BCUT2D eigenvalue weighted by Gasteiger charge is 2.09. The first-order valence-corrected chi connectivity index (χ1v) is 6.96. The molecule has 0 aliphatic heterocycles. The van der Waals surface area contributed by atoms with E-state index in [4.69, 9.17) is 5.26 Å². The number of carbonyl (C=O) groups is 1. The number of aromatic nitrogens is 2. The van der Waals surface area contributed by atoms with Crippen LogP contribution >= 0.6 is 0 Å². The second-order valence-electron chi connectivity index (χ2n) is 5.21. The molecule has 22 heavy (non-hydrogen) atoms. The minimum Gasteiger partial charge on any atom is -0.370 e. The average molecular weight is 295 g/mol. The molecule has 6 nitrogen and oxygen atoms in total. The van der Waals surface area contributed by atoms with Gasteiger partial charge in [0, 0.05) is 18.3 Å². The van der Waals surface area contributed by atoms with Gasteiger partial charge in [0.1, 0.15) is 17.8 Å². The monoisotopic (exact) mass is 295 g/mol. The molecule has 0 unspecified atom stereocenters. The number of amides is 1. The minimum absolute atomic E-state index is 0.267. The maximum Gasteiger partial charge on any atom is 0.274 e. The van der Waals surface area contributed by atoms with Gasteiger partial charge in [-0.1, -0.05) is 19.9 Å². The van der Waals surface area contributed by atoms with Crippen molar-refractivity contribution in [3.05, 3.63) is 47.9 Å². The summed E-state index contributed by atoms with van der Waals surface area (Å²) in [5.41, 5.74) is 1.31. The molecular weight excluding hydrogens is 278 g/mol. The first-order valence-electron chi connectivity index (χ1n) is 6.96. The van der Waals surface area contributed by atoms with E-state index >= 15 is 0 Å². The molecule has 1 heterocycles. The summed E-state index contributed by atoms with van der Waals surface area (Å²) >= 11 is 0. The van der Waals surface area contributed by atoms with Crippen molar-refractivity contribution in [2.45, 2.75) is 13.8 Å². The Morgan fingerprint density at radius 3 is 2.86 bits per heavy atom. The van der Waals surface area contributed by atoms with E-state index < -0.39 is 0 Å². The molecule has 2 N–H and O–H groups in total. The maximum absolute atomic E-state index is 12.2. The first-order chi connectivity index (χ1) is 10.6. The van der Waals surface area contributed by atoms with Crippen LogP contribution in [0.1, 0.15) is 29.9 Å². The second kappa shape index (κ2) is 7.18. The molecule has 6 heteroatoms. The Bertz CT molecular complexity index is 706. The van der Waals surface area contributed by atoms with Crippen LogP contribution in [-0.4, -0.2) is 22.4 Å². The predicted octanol–water partition coefficient (Wildman–Crippen LogP) is 2.67. The molecule has 0 aliphatic rings. The van der Waals surface area contributed by atoms with Crippen molar-refractivity contribution in [2.24, 2.45) is 5.92 Å². The minimum atomic E-state index is -0.343. The van der Waals surface area contributed by atoms with Gasteiger partial charge in [0.2, 0.25) is 0 Å². The lowest BCUT2D eigenvalue weighted by molar-refractivity contribution is 0.102. The van der Waals surface area contributed by atoms with Crippen molar-refractivity contribution in [2.75, 3.05) is 17.2 Å². The van der Waals surface area contributed by atoms with Gasteiger partial charge in [0.05, 0.1) is 11.6 Å². The molecule has 2 aromatic rings. The molecule has 1 amide bonds. The zero-order chi connectivity index (χ0) is 15.9. The van der Waals surface area contributed by atoms with Crippen molar-refractivity contribution in [3.63, 3.8) is 0 Å². The standard InChI is InChI=1S/C16H17N5O/c1-11(2)9-18-15-7-14(19-10-20-15)16(22)21-13-5-3-4-12(6-13)8-17/h3-7,10-11H,9H2,1-2H3,(H,21,22)(H,18,19,20). The van der Waals surface area contributed by atoms with Gasteiger partial charge in [-0.05, 0) is 24.1 Å². The fourth-order valence-electron chi connectivity index (χ4n) is 1.75. The Morgan fingerprint density at radius 2 is 2.14 bits per heavy atom. The largest absolute Gasteiger partial charge is 0.370 e. The summed E-state index contributed by atoms with van der Waals surface area (Å²) in [5, 5.41) is 14.7. The molecule has 1 aromatic heterocycles. The van der Waals surface area contributed by atoms with Crippen molar-refractivity contribution in [1.82, 2.24) is 9.97 Å². The van der Waals surface area contributed by atoms with Crippen LogP contribution in [0, 0.1) is 17.2 Å². The third-order valence-electron chi connectivity index (χ3n) is 2.84. The van der Waals surface area contributed by atoms with Gasteiger partial charge in [-0.25, -0.2) is 9.97 Å². The van der Waals surface area contributed by atoms with Crippen LogP contribution in [0.2, 0.25) is 0 Å². The third kappa shape index (κ3) is 4.28. The molecule has 0 saturated carbocycles. The zero-order valence-electron chi connectivity index (χ0n) is 12.5. The molecule has 0 spiro atoms.